The molecule has 1 aromatic heterocycles. The van der Waals surface area contributed by atoms with Crippen molar-refractivity contribution >= 4 is 22.9 Å². The molecule has 1 atom stereocenters. The van der Waals surface area contributed by atoms with E-state index in [4.69, 9.17) is 4.74 Å². The zero-order valence-electron chi connectivity index (χ0n) is 18.8. The molecule has 33 heavy (non-hydrogen) atoms. The molecule has 174 valence electrons. The van der Waals surface area contributed by atoms with Gasteiger partial charge in [-0.15, -0.1) is 0 Å². The van der Waals surface area contributed by atoms with Gasteiger partial charge in [-0.25, -0.2) is 9.37 Å². The molecule has 8 heteroatoms. The van der Waals surface area contributed by atoms with Crippen molar-refractivity contribution in [2.24, 2.45) is 0 Å². The van der Waals surface area contributed by atoms with Gasteiger partial charge in [0.15, 0.2) is 6.10 Å². The third kappa shape index (κ3) is 6.47. The molecule has 3 rings (SSSR count). The SMILES string of the molecule is CCCCn1c(=O)c(CCC(=O)OC(C)C(=O)NCc2ccc(F)cc2)nc2ccccc21. The van der Waals surface area contributed by atoms with Gasteiger partial charge in [0.05, 0.1) is 17.5 Å². The van der Waals surface area contributed by atoms with Crippen molar-refractivity contribution in [1.82, 2.24) is 14.9 Å². The van der Waals surface area contributed by atoms with Gasteiger partial charge in [0.1, 0.15) is 11.5 Å². The first-order valence-corrected chi connectivity index (χ1v) is 11.1. The maximum atomic E-state index is 13.0. The van der Waals surface area contributed by atoms with Crippen molar-refractivity contribution in [3.8, 4) is 0 Å². The third-order valence-corrected chi connectivity index (χ3v) is 5.28. The van der Waals surface area contributed by atoms with Crippen molar-refractivity contribution in [3.05, 3.63) is 76.0 Å². The molecule has 0 saturated carbocycles. The molecule has 1 heterocycles. The van der Waals surface area contributed by atoms with Gasteiger partial charge >= 0.3 is 5.97 Å². The van der Waals surface area contributed by atoms with Crippen LogP contribution in [-0.2, 0) is 33.8 Å². The molecule has 2 aromatic carbocycles. The summed E-state index contributed by atoms with van der Waals surface area (Å²) in [6.45, 7) is 4.31. The van der Waals surface area contributed by atoms with Gasteiger partial charge in [-0.2, -0.15) is 0 Å². The Morgan fingerprint density at radius 3 is 2.61 bits per heavy atom. The second-order valence-corrected chi connectivity index (χ2v) is 7.83. The van der Waals surface area contributed by atoms with Crippen LogP contribution >= 0.6 is 0 Å². The minimum Gasteiger partial charge on any atom is -0.453 e. The average Bonchev–Trinajstić information content (AvgIpc) is 2.81. The molecular formula is C25H28FN3O4. The van der Waals surface area contributed by atoms with Crippen molar-refractivity contribution < 1.29 is 18.7 Å². The number of unbranched alkanes of at least 4 members (excludes halogenated alkanes) is 1. The lowest BCUT2D eigenvalue weighted by Crippen LogP contribution is -2.35. The molecule has 1 N–H and O–H groups in total. The van der Waals surface area contributed by atoms with Crippen LogP contribution in [0.4, 0.5) is 4.39 Å². The molecule has 0 aliphatic rings. The second kappa shape index (κ2) is 11.4. The number of carbonyl (C=O) groups is 2. The molecule has 0 fully saturated rings. The molecule has 3 aromatic rings. The number of amides is 1. The predicted molar refractivity (Wildman–Crippen MR) is 123 cm³/mol. The molecule has 0 bridgehead atoms. The topological polar surface area (TPSA) is 90.3 Å². The van der Waals surface area contributed by atoms with E-state index in [-0.39, 0.29) is 30.8 Å². The first kappa shape index (κ1) is 24.1. The van der Waals surface area contributed by atoms with Gasteiger partial charge in [-0.05, 0) is 43.2 Å². The van der Waals surface area contributed by atoms with Crippen molar-refractivity contribution in [2.75, 3.05) is 0 Å². The molecule has 0 aliphatic carbocycles. The summed E-state index contributed by atoms with van der Waals surface area (Å²) in [5.74, 6) is -1.40. The minimum atomic E-state index is -0.997. The Kier molecular flexibility index (Phi) is 8.29. The number of aromatic nitrogens is 2. The summed E-state index contributed by atoms with van der Waals surface area (Å²) in [4.78, 5) is 41.9. The molecule has 1 unspecified atom stereocenters. The summed E-state index contributed by atoms with van der Waals surface area (Å²) >= 11 is 0. The Morgan fingerprint density at radius 2 is 1.88 bits per heavy atom. The Morgan fingerprint density at radius 1 is 1.15 bits per heavy atom. The van der Waals surface area contributed by atoms with Gasteiger partial charge in [0, 0.05) is 19.5 Å². The van der Waals surface area contributed by atoms with Gasteiger partial charge in [0.25, 0.3) is 11.5 Å². The number of carbonyl (C=O) groups excluding carboxylic acids is 2. The first-order valence-electron chi connectivity index (χ1n) is 11.1. The van der Waals surface area contributed by atoms with Gasteiger partial charge in [-0.1, -0.05) is 37.6 Å². The zero-order valence-corrected chi connectivity index (χ0v) is 18.8. The Labute approximate surface area is 191 Å². The van der Waals surface area contributed by atoms with Crippen LogP contribution in [0.15, 0.2) is 53.3 Å². The summed E-state index contributed by atoms with van der Waals surface area (Å²) in [6.07, 6.45) is 0.873. The maximum Gasteiger partial charge on any atom is 0.306 e. The van der Waals surface area contributed by atoms with Gasteiger partial charge in [-0.3, -0.25) is 14.4 Å². The Hall–Kier alpha value is -3.55. The smallest absolute Gasteiger partial charge is 0.306 e. The first-order chi connectivity index (χ1) is 15.9. The lowest BCUT2D eigenvalue weighted by molar-refractivity contribution is -0.154. The average molecular weight is 454 g/mol. The number of benzene rings is 2. The monoisotopic (exact) mass is 453 g/mol. The number of rotatable bonds is 10. The molecular weight excluding hydrogens is 425 g/mol. The molecule has 0 saturated heterocycles. The summed E-state index contributed by atoms with van der Waals surface area (Å²) < 4.78 is 19.9. The molecule has 0 spiro atoms. The minimum absolute atomic E-state index is 0.0655. The van der Waals surface area contributed by atoms with Crippen LogP contribution in [0.25, 0.3) is 11.0 Å². The normalized spacial score (nSPS) is 11.8. The number of nitrogens with zero attached hydrogens (tertiary/aromatic N) is 2. The van der Waals surface area contributed by atoms with Crippen LogP contribution in [0.3, 0.4) is 0 Å². The highest BCUT2D eigenvalue weighted by Crippen LogP contribution is 2.12. The fraction of sp³-hybridized carbons (Fsp3) is 0.360. The lowest BCUT2D eigenvalue weighted by atomic mass is 10.2. The van der Waals surface area contributed by atoms with E-state index < -0.39 is 18.0 Å². The highest BCUT2D eigenvalue weighted by Gasteiger charge is 2.19. The van der Waals surface area contributed by atoms with E-state index in [0.717, 1.165) is 23.9 Å². The van der Waals surface area contributed by atoms with Crippen molar-refractivity contribution in [3.63, 3.8) is 0 Å². The summed E-state index contributed by atoms with van der Waals surface area (Å²) in [5.41, 5.74) is 2.29. The quantitative estimate of drug-likeness (QED) is 0.475. The van der Waals surface area contributed by atoms with E-state index in [9.17, 15) is 18.8 Å². The fourth-order valence-electron chi connectivity index (χ4n) is 3.41. The van der Waals surface area contributed by atoms with Crippen LogP contribution in [-0.4, -0.2) is 27.5 Å². The third-order valence-electron chi connectivity index (χ3n) is 5.28. The van der Waals surface area contributed by atoms with Crippen molar-refractivity contribution in [1.29, 1.82) is 0 Å². The zero-order chi connectivity index (χ0) is 23.8. The summed E-state index contributed by atoms with van der Waals surface area (Å²) in [6, 6.07) is 13.2. The number of esters is 1. The van der Waals surface area contributed by atoms with E-state index in [0.29, 0.717) is 17.8 Å². The van der Waals surface area contributed by atoms with Crippen LogP contribution < -0.4 is 10.9 Å². The van der Waals surface area contributed by atoms with Crippen LogP contribution in [0.5, 0.6) is 0 Å². The number of hydrogen-bond donors (Lipinski definition) is 1. The van der Waals surface area contributed by atoms with Crippen molar-refractivity contribution in [2.45, 2.75) is 58.7 Å². The highest BCUT2D eigenvalue weighted by atomic mass is 19.1. The number of fused-ring (bicyclic) bond motifs is 1. The molecule has 0 aliphatic heterocycles. The second-order valence-electron chi connectivity index (χ2n) is 7.83. The van der Waals surface area contributed by atoms with E-state index in [1.165, 1.54) is 19.1 Å². The highest BCUT2D eigenvalue weighted by molar-refractivity contribution is 5.83. The maximum absolute atomic E-state index is 13.0. The number of para-hydroxylation sites is 2. The molecule has 7 nitrogen and oxygen atoms in total. The van der Waals surface area contributed by atoms with Crippen LogP contribution in [0.2, 0.25) is 0 Å². The number of hydrogen-bond acceptors (Lipinski definition) is 5. The number of halogens is 1. The number of aryl methyl sites for hydroxylation is 2. The van der Waals surface area contributed by atoms with Crippen LogP contribution in [0.1, 0.15) is 44.4 Å². The number of nitrogens with one attached hydrogen (secondary N) is 1. The van der Waals surface area contributed by atoms with E-state index in [2.05, 4.69) is 17.2 Å². The number of ether oxygens (including phenoxy) is 1. The molecule has 1 amide bonds. The lowest BCUT2D eigenvalue weighted by Gasteiger charge is -2.14. The Balaban J connectivity index is 1.58. The standard InChI is InChI=1S/C25H28FN3O4/c1-3-4-15-29-22-8-6-5-7-20(22)28-21(25(29)32)13-14-23(30)33-17(2)24(31)27-16-18-9-11-19(26)12-10-18/h5-12,17H,3-4,13-16H2,1-2H3,(H,27,31). The summed E-state index contributed by atoms with van der Waals surface area (Å²) in [5, 5.41) is 2.65. The van der Waals surface area contributed by atoms with Gasteiger partial charge in [0.2, 0.25) is 0 Å². The Bertz CT molecular complexity index is 1170. The van der Waals surface area contributed by atoms with Crippen LogP contribution in [0, 0.1) is 5.82 Å². The largest absolute Gasteiger partial charge is 0.453 e. The fourth-order valence-corrected chi connectivity index (χ4v) is 3.41. The van der Waals surface area contributed by atoms with Gasteiger partial charge < -0.3 is 14.6 Å². The van der Waals surface area contributed by atoms with E-state index >= 15 is 0 Å². The van der Waals surface area contributed by atoms with E-state index in [1.54, 1.807) is 16.7 Å². The summed E-state index contributed by atoms with van der Waals surface area (Å²) in [7, 11) is 0. The predicted octanol–water partition coefficient (Wildman–Crippen LogP) is 3.52. The molecule has 0 radical (unpaired) electrons. The van der Waals surface area contributed by atoms with E-state index in [1.807, 2.05) is 24.3 Å².